The van der Waals surface area contributed by atoms with Crippen LogP contribution in [-0.2, 0) is 0 Å². The number of rotatable bonds is 5. The minimum atomic E-state index is -0.819. The molecule has 1 aliphatic heterocycles. The van der Waals surface area contributed by atoms with E-state index < -0.39 is 6.17 Å². The minimum Gasteiger partial charge on any atom is -0.404 e. The highest BCUT2D eigenvalue weighted by Crippen LogP contribution is 2.24. The highest BCUT2D eigenvalue weighted by atomic mass is 19.1. The van der Waals surface area contributed by atoms with Gasteiger partial charge in [-0.25, -0.2) is 9.37 Å². The summed E-state index contributed by atoms with van der Waals surface area (Å²) in [6, 6.07) is 5.20. The monoisotopic (exact) mass is 353 g/mol. The molecular weight excluding hydrogens is 333 g/mol. The summed E-state index contributed by atoms with van der Waals surface area (Å²) in [5.41, 5.74) is 14.7. The van der Waals surface area contributed by atoms with Crippen LogP contribution in [0.1, 0.15) is 16.8 Å². The average molecular weight is 353 g/mol. The second-order valence-electron chi connectivity index (χ2n) is 5.95. The fourth-order valence-corrected chi connectivity index (χ4v) is 2.69. The van der Waals surface area contributed by atoms with Crippen LogP contribution in [-0.4, -0.2) is 48.2 Å². The summed E-state index contributed by atoms with van der Waals surface area (Å²) in [7, 11) is 1.64. The first-order valence-electron chi connectivity index (χ1n) is 8.07. The number of alkyl halides is 1. The number of nitrogen functional groups attached to an aromatic ring is 1. The van der Waals surface area contributed by atoms with E-state index in [9.17, 15) is 4.39 Å². The van der Waals surface area contributed by atoms with Crippen molar-refractivity contribution in [3.05, 3.63) is 53.6 Å². The van der Waals surface area contributed by atoms with Crippen molar-refractivity contribution in [2.45, 2.75) is 6.17 Å². The molecule has 5 N–H and O–H groups in total. The number of hydrogen-bond acceptors (Lipinski definition) is 7. The molecule has 0 saturated carbocycles. The molecule has 3 heterocycles. The first-order valence-corrected chi connectivity index (χ1v) is 8.07. The standard InChI is InChI=1S/C18H20FN7/c1-23-7-12(6-20)16-5-14(15(21)8-25-16)18(22)11-2-3-24-17(4-11)26-9-13(19)10-26/h2-8,13,22H,9-10,20-21H2,1H3. The molecule has 7 nitrogen and oxygen atoms in total. The second-order valence-corrected chi connectivity index (χ2v) is 5.95. The van der Waals surface area contributed by atoms with Gasteiger partial charge in [-0.3, -0.25) is 15.4 Å². The fourth-order valence-electron chi connectivity index (χ4n) is 2.69. The number of halogens is 1. The van der Waals surface area contributed by atoms with Gasteiger partial charge in [-0.2, -0.15) is 0 Å². The molecule has 2 aromatic rings. The maximum atomic E-state index is 13.1. The Labute approximate surface area is 150 Å². The molecule has 0 bridgehead atoms. The van der Waals surface area contributed by atoms with Crippen LogP contribution in [0.4, 0.5) is 15.9 Å². The van der Waals surface area contributed by atoms with Crippen molar-refractivity contribution in [2.75, 3.05) is 30.8 Å². The van der Waals surface area contributed by atoms with Crippen molar-refractivity contribution in [3.63, 3.8) is 0 Å². The number of anilines is 2. The van der Waals surface area contributed by atoms with Gasteiger partial charge in [-0.05, 0) is 18.2 Å². The first-order chi connectivity index (χ1) is 12.5. The summed E-state index contributed by atoms with van der Waals surface area (Å²) in [5.74, 6) is 0.648. The highest BCUT2D eigenvalue weighted by molar-refractivity contribution is 6.15. The zero-order chi connectivity index (χ0) is 18.7. The van der Waals surface area contributed by atoms with Crippen LogP contribution in [0.3, 0.4) is 0 Å². The molecule has 0 aliphatic carbocycles. The molecule has 0 atom stereocenters. The Balaban J connectivity index is 1.94. The minimum absolute atomic E-state index is 0.233. The largest absolute Gasteiger partial charge is 0.404 e. The summed E-state index contributed by atoms with van der Waals surface area (Å²) in [6.45, 7) is 0.651. The van der Waals surface area contributed by atoms with Crippen molar-refractivity contribution in [1.82, 2.24) is 9.97 Å². The number of nitrogens with one attached hydrogen (secondary N) is 1. The van der Waals surface area contributed by atoms with E-state index in [1.165, 1.54) is 12.4 Å². The smallest absolute Gasteiger partial charge is 0.135 e. The molecule has 0 unspecified atom stereocenters. The molecule has 0 amide bonds. The zero-order valence-electron chi connectivity index (χ0n) is 14.4. The van der Waals surface area contributed by atoms with Crippen molar-refractivity contribution in [2.24, 2.45) is 10.7 Å². The fraction of sp³-hybridized carbons (Fsp3) is 0.222. The maximum absolute atomic E-state index is 13.1. The van der Waals surface area contributed by atoms with E-state index in [4.69, 9.17) is 16.9 Å². The Morgan fingerprint density at radius 2 is 2.15 bits per heavy atom. The van der Waals surface area contributed by atoms with Crippen LogP contribution in [0.25, 0.3) is 5.57 Å². The Morgan fingerprint density at radius 1 is 1.38 bits per heavy atom. The molecule has 0 aromatic carbocycles. The van der Waals surface area contributed by atoms with Crippen LogP contribution >= 0.6 is 0 Å². The molecule has 3 rings (SSSR count). The van der Waals surface area contributed by atoms with Gasteiger partial charge in [-0.1, -0.05) is 0 Å². The Hall–Kier alpha value is -3.29. The highest BCUT2D eigenvalue weighted by Gasteiger charge is 2.27. The summed E-state index contributed by atoms with van der Waals surface area (Å²) < 4.78 is 13.1. The molecule has 26 heavy (non-hydrogen) atoms. The number of allylic oxidation sites excluding steroid dienone is 1. The lowest BCUT2D eigenvalue weighted by Crippen LogP contribution is -2.48. The number of hydrogen-bond donors (Lipinski definition) is 3. The maximum Gasteiger partial charge on any atom is 0.135 e. The summed E-state index contributed by atoms with van der Waals surface area (Å²) in [6.07, 6.45) is 5.28. The van der Waals surface area contributed by atoms with Gasteiger partial charge in [0.25, 0.3) is 0 Å². The Morgan fingerprint density at radius 3 is 2.81 bits per heavy atom. The van der Waals surface area contributed by atoms with Gasteiger partial charge in [0.15, 0.2) is 0 Å². The normalized spacial score (nSPS) is 15.3. The molecule has 0 radical (unpaired) electrons. The number of pyridine rings is 2. The van der Waals surface area contributed by atoms with Gasteiger partial charge in [0.2, 0.25) is 0 Å². The number of aliphatic imine (C=N–C) groups is 1. The summed E-state index contributed by atoms with van der Waals surface area (Å²) >= 11 is 0. The number of nitrogens with zero attached hydrogens (tertiary/aromatic N) is 4. The molecule has 0 spiro atoms. The van der Waals surface area contributed by atoms with Crippen LogP contribution in [0.15, 0.2) is 41.8 Å². The molecule has 134 valence electrons. The Bertz CT molecular complexity index is 885. The molecule has 2 aromatic heterocycles. The third kappa shape index (κ3) is 3.39. The van der Waals surface area contributed by atoms with Crippen molar-refractivity contribution >= 4 is 29.0 Å². The summed E-state index contributed by atoms with van der Waals surface area (Å²) in [5, 5.41) is 8.55. The quantitative estimate of drug-likeness (QED) is 0.706. The number of aromatic nitrogens is 2. The summed E-state index contributed by atoms with van der Waals surface area (Å²) in [4.78, 5) is 14.3. The van der Waals surface area contributed by atoms with Crippen molar-refractivity contribution in [1.29, 1.82) is 5.41 Å². The van der Waals surface area contributed by atoms with Gasteiger partial charge in [0.05, 0.1) is 36.4 Å². The van der Waals surface area contributed by atoms with Gasteiger partial charge in [-0.15, -0.1) is 0 Å². The topological polar surface area (TPSA) is 117 Å². The van der Waals surface area contributed by atoms with E-state index >= 15 is 0 Å². The van der Waals surface area contributed by atoms with E-state index in [-0.39, 0.29) is 5.71 Å². The molecule has 1 fully saturated rings. The van der Waals surface area contributed by atoms with E-state index in [1.54, 1.807) is 37.7 Å². The predicted octanol–water partition coefficient (Wildman–Crippen LogP) is 1.63. The van der Waals surface area contributed by atoms with Crippen molar-refractivity contribution < 1.29 is 4.39 Å². The van der Waals surface area contributed by atoms with E-state index in [0.717, 1.165) is 0 Å². The third-order valence-electron chi connectivity index (χ3n) is 4.14. The third-order valence-corrected chi connectivity index (χ3v) is 4.14. The van der Waals surface area contributed by atoms with Gasteiger partial charge in [0, 0.05) is 42.4 Å². The number of nitrogens with two attached hydrogens (primary N) is 2. The molecule has 8 heteroatoms. The van der Waals surface area contributed by atoms with Crippen LogP contribution in [0.5, 0.6) is 0 Å². The molecular formula is C18H20FN7. The van der Waals surface area contributed by atoms with Crippen LogP contribution < -0.4 is 16.4 Å². The van der Waals surface area contributed by atoms with Crippen LogP contribution in [0.2, 0.25) is 0 Å². The van der Waals surface area contributed by atoms with Crippen LogP contribution in [0, 0.1) is 5.41 Å². The second kappa shape index (κ2) is 7.30. The van der Waals surface area contributed by atoms with E-state index in [2.05, 4.69) is 15.0 Å². The van der Waals surface area contributed by atoms with Gasteiger partial charge < -0.3 is 16.4 Å². The Kier molecular flexibility index (Phi) is 4.92. The molecule has 1 aliphatic rings. The lowest BCUT2D eigenvalue weighted by Gasteiger charge is -2.35. The average Bonchev–Trinajstić information content (AvgIpc) is 2.63. The first kappa shape index (κ1) is 17.5. The lowest BCUT2D eigenvalue weighted by molar-refractivity contribution is 0.273. The van der Waals surface area contributed by atoms with E-state index in [1.807, 2.05) is 4.90 Å². The van der Waals surface area contributed by atoms with Crippen molar-refractivity contribution in [3.8, 4) is 0 Å². The lowest BCUT2D eigenvalue weighted by atomic mass is 10.0. The SMILES string of the molecule is CN=CC(=CN)c1cc(C(=N)c2ccnc(N3CC(F)C3)c2)c(N)cn1. The van der Waals surface area contributed by atoms with E-state index in [0.29, 0.717) is 47.0 Å². The van der Waals surface area contributed by atoms with Gasteiger partial charge in [0.1, 0.15) is 12.0 Å². The molecule has 1 saturated heterocycles. The van der Waals surface area contributed by atoms with Gasteiger partial charge >= 0.3 is 0 Å². The predicted molar refractivity (Wildman–Crippen MR) is 103 cm³/mol. The zero-order valence-corrected chi connectivity index (χ0v) is 14.4.